The minimum Gasteiger partial charge on any atom is -0.0812 e. The molecule has 0 spiro atoms. The first-order chi connectivity index (χ1) is 6.40. The van der Waals surface area contributed by atoms with Crippen molar-refractivity contribution in [3.8, 4) is 0 Å². The molecule has 1 saturated carbocycles. The lowest BCUT2D eigenvalue weighted by Gasteiger charge is -2.09. The van der Waals surface area contributed by atoms with Crippen LogP contribution in [0.15, 0.2) is 24.3 Å². The van der Waals surface area contributed by atoms with E-state index < -0.39 is 0 Å². The van der Waals surface area contributed by atoms with Crippen molar-refractivity contribution in [2.45, 2.75) is 36.0 Å². The Morgan fingerprint density at radius 1 is 1.08 bits per heavy atom. The van der Waals surface area contributed by atoms with Crippen LogP contribution in [0.2, 0.25) is 0 Å². The second-order valence-electron chi connectivity index (χ2n) is 3.86. The first kappa shape index (κ1) is 9.50. The van der Waals surface area contributed by atoms with Gasteiger partial charge in [-0.25, -0.2) is 0 Å². The van der Waals surface area contributed by atoms with Crippen LogP contribution in [0.4, 0.5) is 0 Å². The highest BCUT2D eigenvalue weighted by Crippen LogP contribution is 2.33. The normalized spacial score (nSPS) is 17.9. The Kier molecular flexibility index (Phi) is 3.25. The van der Waals surface area contributed by atoms with Crippen molar-refractivity contribution in [1.29, 1.82) is 0 Å². The van der Waals surface area contributed by atoms with Gasteiger partial charge in [0, 0.05) is 4.43 Å². The minimum atomic E-state index is 0.864. The van der Waals surface area contributed by atoms with E-state index in [-0.39, 0.29) is 0 Å². The van der Waals surface area contributed by atoms with Gasteiger partial charge >= 0.3 is 0 Å². The molecule has 1 aromatic carbocycles. The fourth-order valence-electron chi connectivity index (χ4n) is 2.14. The number of halogens is 1. The molecule has 0 atom stereocenters. The quantitative estimate of drug-likeness (QED) is 0.562. The maximum Gasteiger partial charge on any atom is 0.0247 e. The Morgan fingerprint density at radius 2 is 1.69 bits per heavy atom. The predicted molar refractivity (Wildman–Crippen MR) is 65.4 cm³/mol. The van der Waals surface area contributed by atoms with Gasteiger partial charge in [-0.2, -0.15) is 0 Å². The fourth-order valence-corrected chi connectivity index (χ4v) is 2.65. The highest BCUT2D eigenvalue weighted by atomic mass is 127. The zero-order chi connectivity index (χ0) is 9.10. The zero-order valence-corrected chi connectivity index (χ0v) is 9.96. The van der Waals surface area contributed by atoms with Gasteiger partial charge in [-0.1, -0.05) is 59.7 Å². The summed E-state index contributed by atoms with van der Waals surface area (Å²) in [6, 6.07) is 9.20. The average molecular weight is 286 g/mol. The Morgan fingerprint density at radius 3 is 2.23 bits per heavy atom. The Hall–Kier alpha value is -0.0500. The molecule has 0 aromatic heterocycles. The summed E-state index contributed by atoms with van der Waals surface area (Å²) in [7, 11) is 0. The van der Waals surface area contributed by atoms with E-state index in [0.29, 0.717) is 0 Å². The summed E-state index contributed by atoms with van der Waals surface area (Å²) in [6.07, 6.45) is 5.67. The molecule has 1 heteroatoms. The maximum atomic E-state index is 2.41. The van der Waals surface area contributed by atoms with E-state index in [2.05, 4.69) is 46.9 Å². The summed E-state index contributed by atoms with van der Waals surface area (Å²) in [6.45, 7) is 0. The summed E-state index contributed by atoms with van der Waals surface area (Å²) in [4.78, 5) is 0. The van der Waals surface area contributed by atoms with Crippen molar-refractivity contribution < 1.29 is 0 Å². The number of alkyl halides is 1. The molecule has 13 heavy (non-hydrogen) atoms. The molecular formula is C12H15I. The van der Waals surface area contributed by atoms with Gasteiger partial charge < -0.3 is 0 Å². The average Bonchev–Trinajstić information content (AvgIpc) is 2.71. The van der Waals surface area contributed by atoms with Gasteiger partial charge in [0.2, 0.25) is 0 Å². The third-order valence-corrected chi connectivity index (χ3v) is 3.84. The first-order valence-corrected chi connectivity index (χ1v) is 6.57. The van der Waals surface area contributed by atoms with Gasteiger partial charge in [0.25, 0.3) is 0 Å². The molecule has 0 saturated heterocycles. The van der Waals surface area contributed by atoms with Crippen LogP contribution in [0.1, 0.15) is 42.7 Å². The molecule has 0 unspecified atom stereocenters. The number of rotatable bonds is 2. The molecule has 0 heterocycles. The summed E-state index contributed by atoms with van der Waals surface area (Å²) in [5.74, 6) is 0.864. The molecule has 0 bridgehead atoms. The van der Waals surface area contributed by atoms with Gasteiger partial charge in [0.1, 0.15) is 0 Å². The predicted octanol–water partition coefficient (Wildman–Crippen LogP) is 4.28. The van der Waals surface area contributed by atoms with Crippen LogP contribution in [-0.4, -0.2) is 0 Å². The molecular weight excluding hydrogens is 271 g/mol. The highest BCUT2D eigenvalue weighted by molar-refractivity contribution is 14.1. The van der Waals surface area contributed by atoms with E-state index in [9.17, 15) is 0 Å². The zero-order valence-electron chi connectivity index (χ0n) is 7.80. The second-order valence-corrected chi connectivity index (χ2v) is 4.62. The Labute approximate surface area is 93.9 Å². The van der Waals surface area contributed by atoms with Crippen LogP contribution < -0.4 is 0 Å². The summed E-state index contributed by atoms with van der Waals surface area (Å²) < 4.78 is 1.13. The van der Waals surface area contributed by atoms with Gasteiger partial charge in [-0.05, 0) is 29.9 Å². The number of benzene rings is 1. The smallest absolute Gasteiger partial charge is 0.0247 e. The van der Waals surface area contributed by atoms with E-state index in [4.69, 9.17) is 0 Å². The SMILES string of the molecule is ICc1ccc(C2CCCC2)cc1. The number of hydrogen-bond donors (Lipinski definition) is 0. The van der Waals surface area contributed by atoms with Crippen molar-refractivity contribution in [3.05, 3.63) is 35.4 Å². The van der Waals surface area contributed by atoms with Crippen LogP contribution in [0.3, 0.4) is 0 Å². The van der Waals surface area contributed by atoms with Crippen molar-refractivity contribution >= 4 is 22.6 Å². The first-order valence-electron chi connectivity index (χ1n) is 5.05. The van der Waals surface area contributed by atoms with Crippen molar-refractivity contribution in [2.24, 2.45) is 0 Å². The molecule has 0 N–H and O–H groups in total. The molecule has 0 radical (unpaired) electrons. The fraction of sp³-hybridized carbons (Fsp3) is 0.500. The van der Waals surface area contributed by atoms with Crippen LogP contribution in [0.5, 0.6) is 0 Å². The van der Waals surface area contributed by atoms with Crippen molar-refractivity contribution in [3.63, 3.8) is 0 Å². The van der Waals surface area contributed by atoms with Crippen LogP contribution in [0.25, 0.3) is 0 Å². The molecule has 1 fully saturated rings. The largest absolute Gasteiger partial charge is 0.0812 e. The summed E-state index contributed by atoms with van der Waals surface area (Å²) in [5, 5.41) is 0. The molecule has 70 valence electrons. The van der Waals surface area contributed by atoms with Crippen LogP contribution in [0, 0.1) is 0 Å². The van der Waals surface area contributed by atoms with E-state index in [1.54, 1.807) is 5.56 Å². The summed E-state index contributed by atoms with van der Waals surface area (Å²) in [5.41, 5.74) is 3.01. The van der Waals surface area contributed by atoms with E-state index in [1.807, 2.05) is 0 Å². The lowest BCUT2D eigenvalue weighted by atomic mass is 9.97. The second kappa shape index (κ2) is 4.45. The van der Waals surface area contributed by atoms with E-state index >= 15 is 0 Å². The monoisotopic (exact) mass is 286 g/mol. The van der Waals surface area contributed by atoms with Crippen LogP contribution in [-0.2, 0) is 4.43 Å². The minimum absolute atomic E-state index is 0.864. The third-order valence-electron chi connectivity index (χ3n) is 2.96. The summed E-state index contributed by atoms with van der Waals surface area (Å²) >= 11 is 2.41. The maximum absolute atomic E-state index is 2.41. The number of hydrogen-bond acceptors (Lipinski definition) is 0. The van der Waals surface area contributed by atoms with E-state index in [0.717, 1.165) is 10.3 Å². The van der Waals surface area contributed by atoms with E-state index in [1.165, 1.54) is 31.2 Å². The van der Waals surface area contributed by atoms with Crippen molar-refractivity contribution in [2.75, 3.05) is 0 Å². The molecule has 1 aliphatic carbocycles. The van der Waals surface area contributed by atoms with Gasteiger partial charge in [0.05, 0.1) is 0 Å². The molecule has 2 rings (SSSR count). The third kappa shape index (κ3) is 2.25. The molecule has 0 aliphatic heterocycles. The molecule has 1 aromatic rings. The lowest BCUT2D eigenvalue weighted by Crippen LogP contribution is -1.91. The Bertz CT molecular complexity index is 257. The van der Waals surface area contributed by atoms with Gasteiger partial charge in [0.15, 0.2) is 0 Å². The standard InChI is InChI=1S/C12H15I/c13-9-10-5-7-12(8-6-10)11-3-1-2-4-11/h5-8,11H,1-4,9H2. The molecule has 0 amide bonds. The molecule has 1 aliphatic rings. The topological polar surface area (TPSA) is 0 Å². The molecule has 0 nitrogen and oxygen atoms in total. The highest BCUT2D eigenvalue weighted by Gasteiger charge is 2.16. The van der Waals surface area contributed by atoms with Crippen molar-refractivity contribution in [1.82, 2.24) is 0 Å². The van der Waals surface area contributed by atoms with Gasteiger partial charge in [-0.3, -0.25) is 0 Å². The van der Waals surface area contributed by atoms with Gasteiger partial charge in [-0.15, -0.1) is 0 Å². The Balaban J connectivity index is 2.12. The van der Waals surface area contributed by atoms with Crippen LogP contribution >= 0.6 is 22.6 Å². The lowest BCUT2D eigenvalue weighted by molar-refractivity contribution is 0.723.